The van der Waals surface area contributed by atoms with E-state index < -0.39 is 30.1 Å². The van der Waals surface area contributed by atoms with Crippen molar-refractivity contribution in [2.45, 2.75) is 49.9 Å². The van der Waals surface area contributed by atoms with Gasteiger partial charge in [-0.25, -0.2) is 8.91 Å². The summed E-state index contributed by atoms with van der Waals surface area (Å²) in [6.07, 6.45) is 4.85. The molecule has 0 spiro atoms. The predicted octanol–water partition coefficient (Wildman–Crippen LogP) is 3.96. The Bertz CT molecular complexity index is 1370. The van der Waals surface area contributed by atoms with E-state index in [2.05, 4.69) is 10.4 Å². The highest BCUT2D eigenvalue weighted by atomic mass is 19.3. The van der Waals surface area contributed by atoms with Gasteiger partial charge in [0.25, 0.3) is 5.91 Å². The molecule has 2 unspecified atom stereocenters. The number of nitrogens with one attached hydrogen (secondary N) is 1. The number of carbonyl (C=O) groups is 2. The molecular weight excluding hydrogens is 489 g/mol. The third-order valence-corrected chi connectivity index (χ3v) is 7.46. The molecule has 2 aromatic heterocycles. The minimum absolute atomic E-state index is 0.0186. The van der Waals surface area contributed by atoms with E-state index in [0.717, 1.165) is 24.8 Å². The first-order chi connectivity index (χ1) is 17.7. The zero-order valence-corrected chi connectivity index (χ0v) is 20.6. The van der Waals surface area contributed by atoms with Crippen LogP contribution in [0.4, 0.5) is 13.2 Å². The molecule has 0 radical (unpaired) electrons. The van der Waals surface area contributed by atoms with Crippen LogP contribution in [0.3, 0.4) is 0 Å². The van der Waals surface area contributed by atoms with E-state index in [4.69, 9.17) is 9.47 Å². The molecule has 1 aromatic carbocycles. The number of hydrogen-bond donors (Lipinski definition) is 1. The fourth-order valence-electron chi connectivity index (χ4n) is 5.09. The number of benzene rings is 1. The molecule has 2 heterocycles. The van der Waals surface area contributed by atoms with Crippen LogP contribution in [0, 0.1) is 0 Å². The second-order valence-corrected chi connectivity index (χ2v) is 9.49. The average Bonchev–Trinajstić information content (AvgIpc) is 3.43. The second kappa shape index (κ2) is 9.28. The number of halogens is 3. The third kappa shape index (κ3) is 4.15. The largest absolute Gasteiger partial charge is 0.496 e. The molecule has 37 heavy (non-hydrogen) atoms. The SMILES string of the molecule is CNC(=O)C1(c2ccc3c(-c4cc(OC)c(C(=O)N(C)C5CC5F)c(OC(F)F)c4)cnn3c2)CCC1. The molecule has 2 amide bonds. The Balaban J connectivity index is 1.57. The van der Waals surface area contributed by atoms with E-state index in [-0.39, 0.29) is 29.4 Å². The number of fused-ring (bicyclic) bond motifs is 1. The van der Waals surface area contributed by atoms with Crippen molar-refractivity contribution in [2.75, 3.05) is 21.2 Å². The lowest BCUT2D eigenvalue weighted by atomic mass is 9.64. The molecule has 2 saturated carbocycles. The second-order valence-electron chi connectivity index (χ2n) is 9.49. The van der Waals surface area contributed by atoms with Crippen LogP contribution in [-0.2, 0) is 10.2 Å². The van der Waals surface area contributed by atoms with E-state index in [0.29, 0.717) is 16.6 Å². The summed E-state index contributed by atoms with van der Waals surface area (Å²) in [4.78, 5) is 26.9. The molecule has 8 nitrogen and oxygen atoms in total. The normalized spacial score (nSPS) is 19.9. The fraction of sp³-hybridized carbons (Fsp3) is 0.423. The highest BCUT2D eigenvalue weighted by Crippen LogP contribution is 2.45. The van der Waals surface area contributed by atoms with Crippen LogP contribution >= 0.6 is 0 Å². The minimum Gasteiger partial charge on any atom is -0.496 e. The van der Waals surface area contributed by atoms with E-state index in [9.17, 15) is 22.8 Å². The van der Waals surface area contributed by atoms with Gasteiger partial charge in [-0.3, -0.25) is 9.59 Å². The van der Waals surface area contributed by atoms with Gasteiger partial charge < -0.3 is 19.7 Å². The van der Waals surface area contributed by atoms with Gasteiger partial charge in [0.1, 0.15) is 23.2 Å². The highest BCUT2D eigenvalue weighted by molar-refractivity contribution is 6.01. The molecule has 0 bridgehead atoms. The smallest absolute Gasteiger partial charge is 0.387 e. The summed E-state index contributed by atoms with van der Waals surface area (Å²) in [5.74, 6) is -1.07. The lowest BCUT2D eigenvalue weighted by Gasteiger charge is -2.40. The number of aromatic nitrogens is 2. The summed E-state index contributed by atoms with van der Waals surface area (Å²) >= 11 is 0. The Morgan fingerprint density at radius 1 is 1.24 bits per heavy atom. The van der Waals surface area contributed by atoms with Crippen molar-refractivity contribution in [3.8, 4) is 22.6 Å². The van der Waals surface area contributed by atoms with Crippen molar-refractivity contribution in [3.05, 3.63) is 47.8 Å². The third-order valence-electron chi connectivity index (χ3n) is 7.46. The van der Waals surface area contributed by atoms with Gasteiger partial charge in [-0.05, 0) is 42.2 Å². The number of amides is 2. The molecule has 2 aliphatic carbocycles. The summed E-state index contributed by atoms with van der Waals surface area (Å²) in [6.45, 7) is -3.19. The van der Waals surface area contributed by atoms with Crippen molar-refractivity contribution in [3.63, 3.8) is 0 Å². The summed E-state index contributed by atoms with van der Waals surface area (Å²) in [7, 11) is 4.35. The molecule has 0 aliphatic heterocycles. The van der Waals surface area contributed by atoms with Crippen molar-refractivity contribution < 1.29 is 32.2 Å². The van der Waals surface area contributed by atoms with Crippen LogP contribution in [0.5, 0.6) is 11.5 Å². The molecule has 0 saturated heterocycles. The molecular formula is C26H27F3N4O4. The molecule has 2 fully saturated rings. The first-order valence-electron chi connectivity index (χ1n) is 12.0. The van der Waals surface area contributed by atoms with E-state index in [1.807, 2.05) is 12.1 Å². The Morgan fingerprint density at radius 3 is 2.51 bits per heavy atom. The van der Waals surface area contributed by atoms with Gasteiger partial charge in [0, 0.05) is 32.3 Å². The van der Waals surface area contributed by atoms with E-state index in [1.165, 1.54) is 25.1 Å². The van der Waals surface area contributed by atoms with Crippen molar-refractivity contribution in [1.29, 1.82) is 0 Å². The van der Waals surface area contributed by atoms with Gasteiger partial charge in [0.2, 0.25) is 5.91 Å². The molecule has 2 aliphatic rings. The van der Waals surface area contributed by atoms with E-state index >= 15 is 0 Å². The van der Waals surface area contributed by atoms with Crippen LogP contribution in [0.1, 0.15) is 41.6 Å². The van der Waals surface area contributed by atoms with Crippen molar-refractivity contribution >= 4 is 17.3 Å². The fourth-order valence-corrected chi connectivity index (χ4v) is 5.09. The lowest BCUT2D eigenvalue weighted by molar-refractivity contribution is -0.129. The quantitative estimate of drug-likeness (QED) is 0.490. The Morgan fingerprint density at radius 2 is 1.95 bits per heavy atom. The maximum Gasteiger partial charge on any atom is 0.387 e. The Labute approximate surface area is 211 Å². The number of ether oxygens (including phenoxy) is 2. The van der Waals surface area contributed by atoms with Crippen molar-refractivity contribution in [2.24, 2.45) is 0 Å². The number of methoxy groups -OCH3 is 1. The maximum atomic E-state index is 13.6. The summed E-state index contributed by atoms with van der Waals surface area (Å²) in [5.41, 5.74) is 1.73. The average molecular weight is 517 g/mol. The monoisotopic (exact) mass is 516 g/mol. The minimum atomic E-state index is -3.19. The van der Waals surface area contributed by atoms with Gasteiger partial charge in [-0.15, -0.1) is 0 Å². The summed E-state index contributed by atoms with van der Waals surface area (Å²) < 4.78 is 52.1. The van der Waals surface area contributed by atoms with E-state index in [1.54, 1.807) is 30.0 Å². The van der Waals surface area contributed by atoms with Gasteiger partial charge >= 0.3 is 6.61 Å². The molecule has 2 atom stereocenters. The number of pyridine rings is 1. The zero-order valence-electron chi connectivity index (χ0n) is 20.6. The molecule has 3 aromatic rings. The van der Waals surface area contributed by atoms with Crippen LogP contribution < -0.4 is 14.8 Å². The zero-order chi connectivity index (χ0) is 26.5. The van der Waals surface area contributed by atoms with Crippen LogP contribution in [0.25, 0.3) is 16.6 Å². The summed E-state index contributed by atoms with van der Waals surface area (Å²) in [6, 6.07) is 5.96. The number of likely N-dealkylation sites (N-methyl/N-ethyl adjacent to an activating group) is 1. The Hall–Kier alpha value is -3.76. The van der Waals surface area contributed by atoms with Gasteiger partial charge in [0.05, 0.1) is 30.3 Å². The van der Waals surface area contributed by atoms with Crippen LogP contribution in [-0.4, -0.2) is 66.4 Å². The Kier molecular flexibility index (Phi) is 6.25. The van der Waals surface area contributed by atoms with Crippen LogP contribution in [0.2, 0.25) is 0 Å². The first-order valence-corrected chi connectivity index (χ1v) is 12.0. The van der Waals surface area contributed by atoms with Gasteiger partial charge in [-0.2, -0.15) is 13.9 Å². The summed E-state index contributed by atoms with van der Waals surface area (Å²) in [5, 5.41) is 7.17. The van der Waals surface area contributed by atoms with Gasteiger partial charge in [-0.1, -0.05) is 12.5 Å². The first kappa shape index (κ1) is 24.9. The lowest BCUT2D eigenvalue weighted by Crippen LogP contribution is -2.48. The highest BCUT2D eigenvalue weighted by Gasteiger charge is 2.46. The molecule has 5 rings (SSSR count). The molecule has 11 heteroatoms. The topological polar surface area (TPSA) is 85.2 Å². The number of rotatable bonds is 8. The number of alkyl halides is 3. The predicted molar refractivity (Wildman–Crippen MR) is 129 cm³/mol. The number of carbonyl (C=O) groups excluding carboxylic acids is 2. The standard InChI is InChI=1S/C26H27F3N4O4/c1-30-24(35)26(7-4-8-26)15-5-6-18-16(12-31-33(18)13-15)14-9-20(36-3)22(21(10-14)37-25(28)29)23(34)32(2)19-11-17(19)27/h5-6,9-10,12-13,17,19,25H,4,7-8,11H2,1-3H3,(H,30,35). The number of nitrogens with zero attached hydrogens (tertiary/aromatic N) is 3. The molecule has 196 valence electrons. The number of hydrogen-bond acceptors (Lipinski definition) is 5. The maximum absolute atomic E-state index is 13.6. The van der Waals surface area contributed by atoms with Crippen molar-refractivity contribution in [1.82, 2.24) is 19.8 Å². The van der Waals surface area contributed by atoms with Gasteiger partial charge in [0.15, 0.2) is 0 Å². The molecule has 1 N–H and O–H groups in total. The van der Waals surface area contributed by atoms with Crippen LogP contribution in [0.15, 0.2) is 36.7 Å².